The molecule has 0 bridgehead atoms. The van der Waals surface area contributed by atoms with Gasteiger partial charge in [-0.1, -0.05) is 36.4 Å². The van der Waals surface area contributed by atoms with Gasteiger partial charge in [0.2, 0.25) is 0 Å². The van der Waals surface area contributed by atoms with Gasteiger partial charge < -0.3 is 9.84 Å². The summed E-state index contributed by atoms with van der Waals surface area (Å²) >= 11 is 0. The van der Waals surface area contributed by atoms with Crippen LogP contribution in [0.4, 0.5) is 4.39 Å². The summed E-state index contributed by atoms with van der Waals surface area (Å²) in [7, 11) is 2.14. The van der Waals surface area contributed by atoms with Crippen molar-refractivity contribution in [1.29, 1.82) is 0 Å². The smallest absolute Gasteiger partial charge is 0.127 e. The summed E-state index contributed by atoms with van der Waals surface area (Å²) in [5, 5.41) is 9.01. The summed E-state index contributed by atoms with van der Waals surface area (Å²) in [4.78, 5) is 4.70. The van der Waals surface area contributed by atoms with E-state index in [-0.39, 0.29) is 12.4 Å². The first kappa shape index (κ1) is 19.8. The van der Waals surface area contributed by atoms with E-state index in [1.165, 1.54) is 6.07 Å². The second-order valence-corrected chi connectivity index (χ2v) is 7.22. The Morgan fingerprint density at radius 2 is 1.89 bits per heavy atom. The van der Waals surface area contributed by atoms with E-state index in [4.69, 9.17) is 9.84 Å². The number of aliphatic hydroxyl groups excluding tert-OH is 1. The molecular weight excluding hydrogens is 343 g/mol. The molecule has 2 aromatic rings. The first-order chi connectivity index (χ1) is 13.2. The maximum absolute atomic E-state index is 14.0. The van der Waals surface area contributed by atoms with Crippen LogP contribution in [0.2, 0.25) is 0 Å². The number of halogens is 1. The van der Waals surface area contributed by atoms with Crippen LogP contribution in [0.1, 0.15) is 24.0 Å². The number of rotatable bonds is 8. The zero-order valence-electron chi connectivity index (χ0n) is 16.0. The van der Waals surface area contributed by atoms with Crippen LogP contribution < -0.4 is 4.74 Å². The van der Waals surface area contributed by atoms with Crippen LogP contribution in [0.3, 0.4) is 0 Å². The maximum Gasteiger partial charge on any atom is 0.127 e. The number of benzene rings is 2. The lowest BCUT2D eigenvalue weighted by molar-refractivity contribution is 0.105. The molecule has 1 heterocycles. The van der Waals surface area contributed by atoms with Crippen molar-refractivity contribution in [2.24, 2.45) is 0 Å². The molecule has 27 heavy (non-hydrogen) atoms. The number of likely N-dealkylation sites (N-methyl/N-ethyl adjacent to an activating group) is 1. The first-order valence-corrected chi connectivity index (χ1v) is 9.65. The Morgan fingerprint density at radius 3 is 2.67 bits per heavy atom. The molecule has 0 unspecified atom stereocenters. The number of likely N-dealkylation sites (tertiary alicyclic amines) is 1. The zero-order chi connectivity index (χ0) is 19.1. The standard InChI is InChI=1S/C22H29FN2O2/c1-24(15-19-8-3-5-11-22(19)27-14-13-26)20-9-6-12-25(17-20)16-18-7-2-4-10-21(18)23/h2-5,7-8,10-11,20,26H,6,9,12-17H2,1H3/t20-/m0/s1. The van der Waals surface area contributed by atoms with Crippen LogP contribution in [0.5, 0.6) is 5.75 Å². The molecule has 1 aliphatic rings. The number of para-hydroxylation sites is 1. The summed E-state index contributed by atoms with van der Waals surface area (Å²) in [5.74, 6) is 0.709. The van der Waals surface area contributed by atoms with Crippen molar-refractivity contribution in [2.75, 3.05) is 33.4 Å². The van der Waals surface area contributed by atoms with Crippen molar-refractivity contribution in [3.63, 3.8) is 0 Å². The number of aliphatic hydroxyl groups is 1. The van der Waals surface area contributed by atoms with E-state index < -0.39 is 0 Å². The van der Waals surface area contributed by atoms with Gasteiger partial charge in [0.25, 0.3) is 0 Å². The van der Waals surface area contributed by atoms with E-state index in [1.54, 1.807) is 6.07 Å². The summed E-state index contributed by atoms with van der Waals surface area (Å²) in [6.07, 6.45) is 2.26. The monoisotopic (exact) mass is 372 g/mol. The molecule has 0 aromatic heterocycles. The maximum atomic E-state index is 14.0. The van der Waals surface area contributed by atoms with E-state index in [0.717, 1.165) is 49.4 Å². The molecule has 0 amide bonds. The highest BCUT2D eigenvalue weighted by Gasteiger charge is 2.24. The third-order valence-corrected chi connectivity index (χ3v) is 5.20. The lowest BCUT2D eigenvalue weighted by Crippen LogP contribution is -2.45. The van der Waals surface area contributed by atoms with Crippen LogP contribution in [0.25, 0.3) is 0 Å². The predicted molar refractivity (Wildman–Crippen MR) is 105 cm³/mol. The van der Waals surface area contributed by atoms with Gasteiger partial charge in [-0.15, -0.1) is 0 Å². The minimum absolute atomic E-state index is 0.0117. The van der Waals surface area contributed by atoms with Crippen molar-refractivity contribution in [3.05, 3.63) is 65.5 Å². The van der Waals surface area contributed by atoms with Gasteiger partial charge in [0, 0.05) is 36.8 Å². The van der Waals surface area contributed by atoms with E-state index >= 15 is 0 Å². The normalized spacial score (nSPS) is 18.0. The Hall–Kier alpha value is -1.95. The summed E-state index contributed by atoms with van der Waals surface area (Å²) in [6, 6.07) is 15.5. The van der Waals surface area contributed by atoms with Crippen LogP contribution in [0, 0.1) is 5.82 Å². The molecule has 0 aliphatic carbocycles. The van der Waals surface area contributed by atoms with E-state index in [2.05, 4.69) is 22.9 Å². The molecule has 1 saturated heterocycles. The van der Waals surface area contributed by atoms with Gasteiger partial charge in [-0.25, -0.2) is 4.39 Å². The average Bonchev–Trinajstić information content (AvgIpc) is 2.69. The van der Waals surface area contributed by atoms with Crippen molar-refractivity contribution in [3.8, 4) is 5.75 Å². The third kappa shape index (κ3) is 5.51. The fraction of sp³-hybridized carbons (Fsp3) is 0.455. The topological polar surface area (TPSA) is 35.9 Å². The number of ether oxygens (including phenoxy) is 1. The van der Waals surface area contributed by atoms with E-state index in [1.807, 2.05) is 30.3 Å². The fourth-order valence-corrected chi connectivity index (χ4v) is 3.73. The van der Waals surface area contributed by atoms with Crippen molar-refractivity contribution in [1.82, 2.24) is 9.80 Å². The van der Waals surface area contributed by atoms with Crippen LogP contribution in [-0.4, -0.2) is 54.3 Å². The number of piperidine rings is 1. The van der Waals surface area contributed by atoms with Crippen LogP contribution >= 0.6 is 0 Å². The largest absolute Gasteiger partial charge is 0.491 e. The number of hydrogen-bond acceptors (Lipinski definition) is 4. The Balaban J connectivity index is 1.60. The van der Waals surface area contributed by atoms with Gasteiger partial charge in [0.15, 0.2) is 0 Å². The molecule has 3 rings (SSSR count). The Labute approximate surface area is 161 Å². The minimum Gasteiger partial charge on any atom is -0.491 e. The third-order valence-electron chi connectivity index (χ3n) is 5.20. The molecule has 2 aromatic carbocycles. The van der Waals surface area contributed by atoms with Gasteiger partial charge in [0.1, 0.15) is 18.2 Å². The first-order valence-electron chi connectivity index (χ1n) is 9.65. The van der Waals surface area contributed by atoms with E-state index in [0.29, 0.717) is 19.2 Å². The van der Waals surface area contributed by atoms with Crippen LogP contribution in [0.15, 0.2) is 48.5 Å². The molecule has 146 valence electrons. The number of nitrogens with zero attached hydrogens (tertiary/aromatic N) is 2. The summed E-state index contributed by atoms with van der Waals surface area (Å²) in [6.45, 7) is 3.71. The predicted octanol–water partition coefficient (Wildman–Crippen LogP) is 3.29. The molecule has 0 saturated carbocycles. The van der Waals surface area contributed by atoms with Crippen molar-refractivity contribution >= 4 is 0 Å². The molecule has 4 nitrogen and oxygen atoms in total. The average molecular weight is 372 g/mol. The van der Waals surface area contributed by atoms with Gasteiger partial charge in [-0.05, 0) is 38.6 Å². The Kier molecular flexibility index (Phi) is 7.21. The highest BCUT2D eigenvalue weighted by Crippen LogP contribution is 2.23. The van der Waals surface area contributed by atoms with Crippen LogP contribution in [-0.2, 0) is 13.1 Å². The lowest BCUT2D eigenvalue weighted by Gasteiger charge is -2.38. The molecule has 1 fully saturated rings. The van der Waals surface area contributed by atoms with Crippen molar-refractivity contribution < 1.29 is 14.2 Å². The molecule has 1 N–H and O–H groups in total. The lowest BCUT2D eigenvalue weighted by atomic mass is 10.0. The Bertz CT molecular complexity index is 725. The van der Waals surface area contributed by atoms with Gasteiger partial charge in [-0.2, -0.15) is 0 Å². The summed E-state index contributed by atoms with van der Waals surface area (Å²) < 4.78 is 19.6. The highest BCUT2D eigenvalue weighted by atomic mass is 19.1. The molecule has 1 atom stereocenters. The quantitative estimate of drug-likeness (QED) is 0.771. The second kappa shape index (κ2) is 9.83. The molecular formula is C22H29FN2O2. The minimum atomic E-state index is -0.122. The SMILES string of the molecule is CN(Cc1ccccc1OCCO)[C@H]1CCCN(Cc2ccccc2F)C1. The molecule has 1 aliphatic heterocycles. The molecule has 0 spiro atoms. The van der Waals surface area contributed by atoms with Gasteiger partial charge >= 0.3 is 0 Å². The Morgan fingerprint density at radius 1 is 1.15 bits per heavy atom. The highest BCUT2D eigenvalue weighted by molar-refractivity contribution is 5.33. The number of hydrogen-bond donors (Lipinski definition) is 1. The summed E-state index contributed by atoms with van der Waals surface area (Å²) in [5.41, 5.74) is 1.89. The second-order valence-electron chi connectivity index (χ2n) is 7.22. The van der Waals surface area contributed by atoms with Crippen molar-refractivity contribution in [2.45, 2.75) is 32.0 Å². The van der Waals surface area contributed by atoms with Gasteiger partial charge in [-0.3, -0.25) is 9.80 Å². The zero-order valence-corrected chi connectivity index (χ0v) is 16.0. The van der Waals surface area contributed by atoms with Gasteiger partial charge in [0.05, 0.1) is 6.61 Å². The molecule has 5 heteroatoms. The van der Waals surface area contributed by atoms with E-state index in [9.17, 15) is 4.39 Å². The fourth-order valence-electron chi connectivity index (χ4n) is 3.73. The molecule has 0 radical (unpaired) electrons.